The van der Waals surface area contributed by atoms with Crippen LogP contribution in [0.2, 0.25) is 0 Å². The van der Waals surface area contributed by atoms with Crippen LogP contribution in [0, 0.1) is 5.41 Å². The van der Waals surface area contributed by atoms with Gasteiger partial charge in [0.1, 0.15) is 11.5 Å². The molecule has 3 rings (SSSR count). The largest absolute Gasteiger partial charge is 0.573 e. The summed E-state index contributed by atoms with van der Waals surface area (Å²) in [5.74, 6) is -0.268. The Morgan fingerprint density at radius 1 is 1.15 bits per heavy atom. The smallest absolute Gasteiger partial charge is 0.405 e. The van der Waals surface area contributed by atoms with Crippen molar-refractivity contribution in [2.75, 3.05) is 0 Å². The number of hydrogen-bond donors (Lipinski definition) is 1. The number of Topliss-reactive ketones (excluding diaryl/α,β-unsaturated/α-hetero) is 1. The van der Waals surface area contributed by atoms with Crippen LogP contribution >= 0.6 is 0 Å². The van der Waals surface area contributed by atoms with Crippen molar-refractivity contribution in [3.63, 3.8) is 0 Å². The average Bonchev–Trinajstić information content (AvgIpc) is 3.34. The summed E-state index contributed by atoms with van der Waals surface area (Å²) in [6, 6.07) is 10.9. The molecule has 0 bridgehead atoms. The van der Waals surface area contributed by atoms with Gasteiger partial charge in [0.25, 0.3) is 0 Å². The standard InChI is InChI=1S/C20H19F3O3/c1-19(8-9-19)18(25)11-13-6-7-17(26-20(21,22)23)16(10-13)15-5-3-2-4-14(15)12-24/h2-7,10,24H,8-9,11-12H2,1H3. The van der Waals surface area contributed by atoms with Crippen LogP contribution < -0.4 is 4.74 Å². The van der Waals surface area contributed by atoms with E-state index in [2.05, 4.69) is 4.74 Å². The zero-order chi connectivity index (χ0) is 18.9. The van der Waals surface area contributed by atoms with Crippen LogP contribution in [-0.4, -0.2) is 17.3 Å². The summed E-state index contributed by atoms with van der Waals surface area (Å²) < 4.78 is 42.5. The van der Waals surface area contributed by atoms with E-state index < -0.39 is 6.36 Å². The molecular weight excluding hydrogens is 345 g/mol. The Kier molecular flexibility index (Phi) is 4.80. The molecule has 1 aliphatic carbocycles. The third kappa shape index (κ3) is 4.07. The summed E-state index contributed by atoms with van der Waals surface area (Å²) in [6.45, 7) is 1.58. The van der Waals surface area contributed by atoms with Gasteiger partial charge >= 0.3 is 6.36 Å². The van der Waals surface area contributed by atoms with Crippen molar-refractivity contribution in [1.29, 1.82) is 0 Å². The molecule has 26 heavy (non-hydrogen) atoms. The number of halogens is 3. The lowest BCUT2D eigenvalue weighted by Gasteiger charge is -2.17. The quantitative estimate of drug-likeness (QED) is 0.811. The second kappa shape index (κ2) is 6.76. The Labute approximate surface area is 149 Å². The number of alkyl halides is 3. The van der Waals surface area contributed by atoms with Crippen molar-refractivity contribution in [2.24, 2.45) is 5.41 Å². The molecule has 2 aromatic carbocycles. The van der Waals surface area contributed by atoms with Crippen LogP contribution in [0.3, 0.4) is 0 Å². The van der Waals surface area contributed by atoms with Crippen molar-refractivity contribution in [3.05, 3.63) is 53.6 Å². The monoisotopic (exact) mass is 364 g/mol. The van der Waals surface area contributed by atoms with Crippen molar-refractivity contribution in [3.8, 4) is 16.9 Å². The van der Waals surface area contributed by atoms with Gasteiger partial charge in [-0.2, -0.15) is 0 Å². The molecule has 1 saturated carbocycles. The summed E-state index contributed by atoms with van der Waals surface area (Å²) in [6.07, 6.45) is -2.97. The van der Waals surface area contributed by atoms with Gasteiger partial charge in [0.05, 0.1) is 6.61 Å². The van der Waals surface area contributed by atoms with Gasteiger partial charge in [-0.25, -0.2) is 0 Å². The van der Waals surface area contributed by atoms with Crippen LogP contribution in [0.15, 0.2) is 42.5 Å². The molecule has 1 fully saturated rings. The third-order valence-electron chi connectivity index (χ3n) is 4.79. The van der Waals surface area contributed by atoms with Gasteiger partial charge < -0.3 is 9.84 Å². The zero-order valence-corrected chi connectivity index (χ0v) is 14.3. The number of ketones is 1. The molecule has 1 aliphatic rings. The molecule has 0 aromatic heterocycles. The molecule has 0 heterocycles. The zero-order valence-electron chi connectivity index (χ0n) is 14.3. The third-order valence-corrected chi connectivity index (χ3v) is 4.79. The number of aliphatic hydroxyl groups is 1. The van der Waals surface area contributed by atoms with Crippen molar-refractivity contribution >= 4 is 5.78 Å². The van der Waals surface area contributed by atoms with E-state index in [1.807, 2.05) is 6.92 Å². The number of carbonyl (C=O) groups is 1. The fourth-order valence-electron chi connectivity index (χ4n) is 2.90. The maximum atomic E-state index is 12.8. The van der Waals surface area contributed by atoms with Gasteiger partial charge in [-0.3, -0.25) is 4.79 Å². The maximum absolute atomic E-state index is 12.8. The van der Waals surface area contributed by atoms with E-state index >= 15 is 0 Å². The molecule has 0 atom stereocenters. The summed E-state index contributed by atoms with van der Waals surface area (Å²) in [4.78, 5) is 12.3. The highest BCUT2D eigenvalue weighted by Gasteiger charge is 2.44. The van der Waals surface area contributed by atoms with E-state index in [-0.39, 0.29) is 35.5 Å². The summed E-state index contributed by atoms with van der Waals surface area (Å²) in [5.41, 5.74) is 1.46. The molecule has 2 aromatic rings. The maximum Gasteiger partial charge on any atom is 0.573 e. The Hall–Kier alpha value is -2.34. The van der Waals surface area contributed by atoms with E-state index in [0.717, 1.165) is 12.8 Å². The van der Waals surface area contributed by atoms with Crippen LogP contribution in [0.25, 0.3) is 11.1 Å². The first kappa shape index (κ1) is 18.5. The Bertz CT molecular complexity index is 823. The van der Waals surface area contributed by atoms with Crippen LogP contribution in [0.5, 0.6) is 5.75 Å². The lowest BCUT2D eigenvalue weighted by Crippen LogP contribution is -2.18. The molecule has 138 valence electrons. The summed E-state index contributed by atoms with van der Waals surface area (Å²) in [7, 11) is 0. The number of aliphatic hydroxyl groups excluding tert-OH is 1. The van der Waals surface area contributed by atoms with E-state index in [9.17, 15) is 23.1 Å². The lowest BCUT2D eigenvalue weighted by molar-refractivity contribution is -0.274. The minimum absolute atomic E-state index is 0.0865. The van der Waals surface area contributed by atoms with Gasteiger partial charge in [0.15, 0.2) is 0 Å². The van der Waals surface area contributed by atoms with Gasteiger partial charge in [-0.15, -0.1) is 13.2 Å². The predicted octanol–water partition coefficient (Wildman–Crippen LogP) is 4.66. The minimum Gasteiger partial charge on any atom is -0.405 e. The Morgan fingerprint density at radius 2 is 1.85 bits per heavy atom. The highest BCUT2D eigenvalue weighted by Crippen LogP contribution is 2.46. The molecule has 0 saturated heterocycles. The summed E-state index contributed by atoms with van der Waals surface area (Å²) >= 11 is 0. The van der Waals surface area contributed by atoms with Gasteiger partial charge in [0.2, 0.25) is 0 Å². The molecule has 0 aliphatic heterocycles. The first-order chi connectivity index (χ1) is 12.2. The number of carbonyl (C=O) groups excluding carboxylic acids is 1. The topological polar surface area (TPSA) is 46.5 Å². The normalized spacial score (nSPS) is 15.6. The molecule has 3 nitrogen and oxygen atoms in total. The average molecular weight is 364 g/mol. The number of benzene rings is 2. The first-order valence-electron chi connectivity index (χ1n) is 8.33. The predicted molar refractivity (Wildman–Crippen MR) is 90.5 cm³/mol. The fourth-order valence-corrected chi connectivity index (χ4v) is 2.90. The highest BCUT2D eigenvalue weighted by molar-refractivity contribution is 5.89. The van der Waals surface area contributed by atoms with Crippen LogP contribution in [0.1, 0.15) is 30.9 Å². The number of hydrogen-bond acceptors (Lipinski definition) is 3. The second-order valence-corrected chi connectivity index (χ2v) is 6.85. The highest BCUT2D eigenvalue weighted by atomic mass is 19.4. The number of ether oxygens (including phenoxy) is 1. The van der Waals surface area contributed by atoms with Gasteiger partial charge in [-0.05, 0) is 41.7 Å². The first-order valence-corrected chi connectivity index (χ1v) is 8.33. The molecule has 0 amide bonds. The minimum atomic E-state index is -4.83. The van der Waals surface area contributed by atoms with E-state index in [1.165, 1.54) is 12.1 Å². The van der Waals surface area contributed by atoms with Crippen molar-refractivity contribution < 1.29 is 27.8 Å². The Morgan fingerprint density at radius 3 is 2.46 bits per heavy atom. The fraction of sp³-hybridized carbons (Fsp3) is 0.350. The lowest BCUT2D eigenvalue weighted by atomic mass is 9.93. The molecular formula is C20H19F3O3. The van der Waals surface area contributed by atoms with E-state index in [0.29, 0.717) is 16.7 Å². The van der Waals surface area contributed by atoms with Crippen molar-refractivity contribution in [2.45, 2.75) is 39.2 Å². The SMILES string of the molecule is CC1(C(=O)Cc2ccc(OC(F)(F)F)c(-c3ccccc3CO)c2)CC1. The van der Waals surface area contributed by atoms with Crippen molar-refractivity contribution in [1.82, 2.24) is 0 Å². The van der Waals surface area contributed by atoms with Gasteiger partial charge in [0, 0.05) is 17.4 Å². The summed E-state index contributed by atoms with van der Waals surface area (Å²) in [5, 5.41) is 9.52. The van der Waals surface area contributed by atoms with E-state index in [1.54, 1.807) is 30.3 Å². The molecule has 0 radical (unpaired) electrons. The number of rotatable bonds is 6. The Balaban J connectivity index is 2.02. The molecule has 0 spiro atoms. The van der Waals surface area contributed by atoms with Crippen LogP contribution in [0.4, 0.5) is 13.2 Å². The van der Waals surface area contributed by atoms with E-state index in [4.69, 9.17) is 0 Å². The van der Waals surface area contributed by atoms with Crippen LogP contribution in [-0.2, 0) is 17.8 Å². The molecule has 6 heteroatoms. The van der Waals surface area contributed by atoms with Gasteiger partial charge in [-0.1, -0.05) is 37.3 Å². The molecule has 1 N–H and O–H groups in total. The second-order valence-electron chi connectivity index (χ2n) is 6.85. The molecule has 0 unspecified atom stereocenters.